The van der Waals surface area contributed by atoms with Gasteiger partial charge in [0.15, 0.2) is 5.82 Å². The number of rotatable bonds is 4. The Hall–Kier alpha value is -1.74. The van der Waals surface area contributed by atoms with Crippen molar-refractivity contribution in [1.82, 2.24) is 4.31 Å². The van der Waals surface area contributed by atoms with Gasteiger partial charge < -0.3 is 5.73 Å². The molecule has 1 fully saturated rings. The van der Waals surface area contributed by atoms with Gasteiger partial charge >= 0.3 is 0 Å². The molecule has 0 amide bonds. The minimum atomic E-state index is -4.09. The van der Waals surface area contributed by atoms with E-state index in [2.05, 4.69) is 0 Å². The molecule has 0 spiro atoms. The molecule has 0 unspecified atom stereocenters. The maximum Gasteiger partial charge on any atom is 0.274 e. The summed E-state index contributed by atoms with van der Waals surface area (Å²) in [6.45, 7) is 0. The number of anilines is 1. The van der Waals surface area contributed by atoms with Gasteiger partial charge in [-0.15, -0.1) is 0 Å². The van der Waals surface area contributed by atoms with Crippen LogP contribution in [0.5, 0.6) is 0 Å². The third-order valence-electron chi connectivity index (χ3n) is 3.49. The summed E-state index contributed by atoms with van der Waals surface area (Å²) in [7, 11) is -2.73. The molecule has 0 aliphatic heterocycles. The van der Waals surface area contributed by atoms with Crippen LogP contribution in [0.3, 0.4) is 0 Å². The largest absolute Gasteiger partial charge is 0.397 e. The zero-order chi connectivity index (χ0) is 15.1. The molecule has 0 saturated heterocycles. The molecule has 2 rings (SSSR count). The van der Waals surface area contributed by atoms with Crippen molar-refractivity contribution in [1.29, 1.82) is 0 Å². The molecule has 20 heavy (non-hydrogen) atoms. The Morgan fingerprint density at radius 2 is 2.05 bits per heavy atom. The summed E-state index contributed by atoms with van der Waals surface area (Å²) in [6.07, 6.45) is 2.34. The minimum Gasteiger partial charge on any atom is -0.397 e. The summed E-state index contributed by atoms with van der Waals surface area (Å²) in [5.41, 5.74) is 4.46. The number of hydrogen-bond donors (Lipinski definition) is 1. The highest BCUT2D eigenvalue weighted by molar-refractivity contribution is 7.89. The van der Waals surface area contributed by atoms with Crippen LogP contribution in [-0.4, -0.2) is 30.7 Å². The predicted octanol–water partition coefficient (Wildman–Crippen LogP) is 1.49. The fourth-order valence-electron chi connectivity index (χ4n) is 2.07. The highest BCUT2D eigenvalue weighted by Crippen LogP contribution is 2.33. The lowest BCUT2D eigenvalue weighted by atomic mass is 9.94. The number of nitrogens with two attached hydrogens (primary N) is 1. The van der Waals surface area contributed by atoms with Crippen LogP contribution >= 0.6 is 0 Å². The van der Waals surface area contributed by atoms with E-state index in [9.17, 15) is 22.9 Å². The second kappa shape index (κ2) is 4.98. The second-order valence-corrected chi connectivity index (χ2v) is 6.64. The van der Waals surface area contributed by atoms with Gasteiger partial charge in [0, 0.05) is 19.2 Å². The van der Waals surface area contributed by atoms with E-state index in [-0.39, 0.29) is 6.04 Å². The van der Waals surface area contributed by atoms with Gasteiger partial charge in [0.1, 0.15) is 4.90 Å². The minimum absolute atomic E-state index is 0.172. The number of sulfonamides is 1. The molecule has 1 aromatic rings. The lowest BCUT2D eigenvalue weighted by Gasteiger charge is -2.34. The van der Waals surface area contributed by atoms with E-state index in [0.717, 1.165) is 16.8 Å². The third-order valence-corrected chi connectivity index (χ3v) is 5.50. The van der Waals surface area contributed by atoms with E-state index in [0.29, 0.717) is 18.9 Å². The first-order chi connectivity index (χ1) is 9.25. The highest BCUT2D eigenvalue weighted by atomic mass is 32.2. The van der Waals surface area contributed by atoms with Crippen LogP contribution < -0.4 is 5.73 Å². The Morgan fingerprint density at radius 1 is 1.45 bits per heavy atom. The number of benzene rings is 1. The van der Waals surface area contributed by atoms with Crippen LogP contribution in [0, 0.1) is 15.9 Å². The predicted molar refractivity (Wildman–Crippen MR) is 70.1 cm³/mol. The standard InChI is InChI=1S/C11H14FN3O4S/c1-14(7-3-2-4-7)20(18,19)11-9(12)5-8(15(16)17)6-10(11)13/h5-7H,2-4,13H2,1H3. The number of nitro groups is 1. The average Bonchev–Trinajstić information content (AvgIpc) is 2.24. The Labute approximate surface area is 115 Å². The maximum absolute atomic E-state index is 13.9. The summed E-state index contributed by atoms with van der Waals surface area (Å²) in [6, 6.07) is 1.25. The fourth-order valence-corrected chi connectivity index (χ4v) is 3.62. The molecule has 0 heterocycles. The smallest absolute Gasteiger partial charge is 0.274 e. The van der Waals surface area contributed by atoms with Gasteiger partial charge in [-0.3, -0.25) is 10.1 Å². The number of nitrogen functional groups attached to an aromatic ring is 1. The van der Waals surface area contributed by atoms with Gasteiger partial charge in [0.05, 0.1) is 16.7 Å². The molecule has 0 radical (unpaired) electrons. The first kappa shape index (κ1) is 14.7. The Bertz CT molecular complexity index is 635. The van der Waals surface area contributed by atoms with Crippen LogP contribution in [0.1, 0.15) is 19.3 Å². The van der Waals surface area contributed by atoms with Gasteiger partial charge in [0.25, 0.3) is 5.69 Å². The topological polar surface area (TPSA) is 107 Å². The normalized spacial score (nSPS) is 16.1. The van der Waals surface area contributed by atoms with Gasteiger partial charge in [0.2, 0.25) is 10.0 Å². The molecular weight excluding hydrogens is 289 g/mol. The van der Waals surface area contributed by atoms with Gasteiger partial charge in [-0.05, 0) is 12.8 Å². The van der Waals surface area contributed by atoms with Crippen LogP contribution in [-0.2, 0) is 10.0 Å². The average molecular weight is 303 g/mol. The summed E-state index contributed by atoms with van der Waals surface area (Å²) >= 11 is 0. The molecule has 9 heteroatoms. The molecule has 1 aliphatic carbocycles. The summed E-state index contributed by atoms with van der Waals surface area (Å²) in [5, 5.41) is 10.6. The maximum atomic E-state index is 13.9. The van der Waals surface area contributed by atoms with E-state index < -0.39 is 37.0 Å². The van der Waals surface area contributed by atoms with E-state index in [1.807, 2.05) is 0 Å². The van der Waals surface area contributed by atoms with Crippen LogP contribution in [0.25, 0.3) is 0 Å². The number of halogens is 1. The molecule has 7 nitrogen and oxygen atoms in total. The lowest BCUT2D eigenvalue weighted by Crippen LogP contribution is -2.41. The lowest BCUT2D eigenvalue weighted by molar-refractivity contribution is -0.385. The Morgan fingerprint density at radius 3 is 2.45 bits per heavy atom. The van der Waals surface area contributed by atoms with Crippen LogP contribution in [0.4, 0.5) is 15.8 Å². The molecule has 1 aromatic carbocycles. The van der Waals surface area contributed by atoms with Crippen molar-refractivity contribution in [2.45, 2.75) is 30.2 Å². The molecule has 1 aliphatic rings. The zero-order valence-corrected chi connectivity index (χ0v) is 11.6. The zero-order valence-electron chi connectivity index (χ0n) is 10.7. The fraction of sp³-hybridized carbons (Fsp3) is 0.455. The number of nitrogens with zero attached hydrogens (tertiary/aromatic N) is 2. The number of nitro benzene ring substituents is 1. The molecular formula is C11H14FN3O4S. The van der Waals surface area contributed by atoms with E-state index in [4.69, 9.17) is 5.73 Å². The SMILES string of the molecule is CN(C1CCC1)S(=O)(=O)c1c(N)cc([N+](=O)[O-])cc1F. The summed E-state index contributed by atoms with van der Waals surface area (Å²) < 4.78 is 39.7. The van der Waals surface area contributed by atoms with E-state index >= 15 is 0 Å². The third kappa shape index (κ3) is 2.34. The first-order valence-electron chi connectivity index (χ1n) is 5.96. The molecule has 2 N–H and O–H groups in total. The molecule has 1 saturated carbocycles. The van der Waals surface area contributed by atoms with Crippen molar-refractivity contribution in [3.05, 3.63) is 28.1 Å². The van der Waals surface area contributed by atoms with Crippen molar-refractivity contribution in [3.8, 4) is 0 Å². The van der Waals surface area contributed by atoms with Crippen molar-refractivity contribution < 1.29 is 17.7 Å². The highest BCUT2D eigenvalue weighted by Gasteiger charge is 2.35. The van der Waals surface area contributed by atoms with Crippen molar-refractivity contribution in [2.24, 2.45) is 0 Å². The van der Waals surface area contributed by atoms with Gasteiger partial charge in [-0.25, -0.2) is 12.8 Å². The van der Waals surface area contributed by atoms with Crippen LogP contribution in [0.2, 0.25) is 0 Å². The van der Waals surface area contributed by atoms with Gasteiger partial charge in [-0.1, -0.05) is 6.42 Å². The summed E-state index contributed by atoms with van der Waals surface area (Å²) in [4.78, 5) is 9.06. The van der Waals surface area contributed by atoms with E-state index in [1.165, 1.54) is 7.05 Å². The molecule has 0 bridgehead atoms. The molecule has 0 atom stereocenters. The monoisotopic (exact) mass is 303 g/mol. The quantitative estimate of drug-likeness (QED) is 0.515. The van der Waals surface area contributed by atoms with Crippen molar-refractivity contribution in [3.63, 3.8) is 0 Å². The molecule has 110 valence electrons. The number of hydrogen-bond acceptors (Lipinski definition) is 5. The van der Waals surface area contributed by atoms with Crippen LogP contribution in [0.15, 0.2) is 17.0 Å². The Balaban J connectivity index is 2.49. The molecule has 0 aromatic heterocycles. The summed E-state index contributed by atoms with van der Waals surface area (Å²) in [5.74, 6) is -1.21. The Kier molecular flexibility index (Phi) is 3.65. The van der Waals surface area contributed by atoms with Crippen molar-refractivity contribution in [2.75, 3.05) is 12.8 Å². The first-order valence-corrected chi connectivity index (χ1v) is 7.40. The second-order valence-electron chi connectivity index (χ2n) is 4.71. The van der Waals surface area contributed by atoms with Crippen molar-refractivity contribution >= 4 is 21.4 Å². The number of non-ortho nitro benzene ring substituents is 1. The van der Waals surface area contributed by atoms with Gasteiger partial charge in [-0.2, -0.15) is 4.31 Å². The van der Waals surface area contributed by atoms with E-state index in [1.54, 1.807) is 0 Å².